The van der Waals surface area contributed by atoms with Gasteiger partial charge in [0.15, 0.2) is 11.5 Å². The third-order valence-corrected chi connectivity index (χ3v) is 2.60. The molecule has 0 saturated carbocycles. The lowest BCUT2D eigenvalue weighted by Crippen LogP contribution is -2.40. The molecule has 2 amide bonds. The van der Waals surface area contributed by atoms with Gasteiger partial charge in [0.05, 0.1) is 21.3 Å². The fraction of sp³-hybridized carbons (Fsp3) is 0.214. The molecule has 9 heteroatoms. The molecule has 0 aromatic heterocycles. The van der Waals surface area contributed by atoms with Crippen molar-refractivity contribution in [3.63, 3.8) is 0 Å². The highest BCUT2D eigenvalue weighted by Crippen LogP contribution is 2.38. The van der Waals surface area contributed by atoms with Gasteiger partial charge in [-0.25, -0.2) is 4.79 Å². The Labute approximate surface area is 131 Å². The van der Waals surface area contributed by atoms with E-state index < -0.39 is 17.8 Å². The maximum Gasteiger partial charge on any atom is 0.328 e. The van der Waals surface area contributed by atoms with Crippen LogP contribution < -0.4 is 25.1 Å². The van der Waals surface area contributed by atoms with Gasteiger partial charge < -0.3 is 19.3 Å². The van der Waals surface area contributed by atoms with Crippen LogP contribution in [-0.2, 0) is 9.59 Å². The number of carboxylic acids is 1. The van der Waals surface area contributed by atoms with E-state index in [1.54, 1.807) is 0 Å². The number of aliphatic carboxylic acids is 1. The van der Waals surface area contributed by atoms with E-state index in [1.807, 2.05) is 5.43 Å². The molecule has 0 atom stereocenters. The fourth-order valence-corrected chi connectivity index (χ4v) is 1.59. The van der Waals surface area contributed by atoms with Gasteiger partial charge in [-0.15, -0.1) is 0 Å². The molecule has 0 unspecified atom stereocenters. The zero-order chi connectivity index (χ0) is 17.4. The monoisotopic (exact) mass is 324 g/mol. The molecule has 0 aliphatic rings. The zero-order valence-corrected chi connectivity index (χ0v) is 12.7. The molecule has 9 nitrogen and oxygen atoms in total. The van der Waals surface area contributed by atoms with Crippen molar-refractivity contribution in [1.29, 1.82) is 0 Å². The summed E-state index contributed by atoms with van der Waals surface area (Å²) in [6.45, 7) is 0. The minimum Gasteiger partial charge on any atom is -0.493 e. The Morgan fingerprint density at radius 1 is 0.957 bits per heavy atom. The van der Waals surface area contributed by atoms with Crippen molar-refractivity contribution in [1.82, 2.24) is 10.9 Å². The predicted octanol–water partition coefficient (Wildman–Crippen LogP) is 0.114. The van der Waals surface area contributed by atoms with Gasteiger partial charge >= 0.3 is 5.97 Å². The first-order chi connectivity index (χ1) is 10.9. The normalized spacial score (nSPS) is 10.0. The Morgan fingerprint density at radius 3 is 1.96 bits per heavy atom. The summed E-state index contributed by atoms with van der Waals surface area (Å²) in [4.78, 5) is 33.6. The SMILES string of the molecule is COc1cc(C(=O)NNC(=O)/C=C/C(=O)O)cc(OC)c1OC. The highest BCUT2D eigenvalue weighted by molar-refractivity contribution is 5.99. The number of hydrogen-bond donors (Lipinski definition) is 3. The Balaban J connectivity index is 2.88. The number of amides is 2. The number of carbonyl (C=O) groups is 3. The number of hydrogen-bond acceptors (Lipinski definition) is 6. The van der Waals surface area contributed by atoms with Crippen LogP contribution in [0.1, 0.15) is 10.4 Å². The summed E-state index contributed by atoms with van der Waals surface area (Å²) in [7, 11) is 4.23. The fourth-order valence-electron chi connectivity index (χ4n) is 1.59. The van der Waals surface area contributed by atoms with E-state index in [4.69, 9.17) is 19.3 Å². The van der Waals surface area contributed by atoms with Crippen molar-refractivity contribution in [3.8, 4) is 17.2 Å². The first-order valence-corrected chi connectivity index (χ1v) is 6.24. The van der Waals surface area contributed by atoms with Gasteiger partial charge in [-0.2, -0.15) is 0 Å². The molecular formula is C14H16N2O7. The third kappa shape index (κ3) is 4.92. The van der Waals surface area contributed by atoms with Crippen molar-refractivity contribution in [2.24, 2.45) is 0 Å². The molecule has 23 heavy (non-hydrogen) atoms. The van der Waals surface area contributed by atoms with Crippen LogP contribution in [0.3, 0.4) is 0 Å². The van der Waals surface area contributed by atoms with Crippen LogP contribution in [0.4, 0.5) is 0 Å². The zero-order valence-electron chi connectivity index (χ0n) is 12.7. The van der Waals surface area contributed by atoms with Crippen LogP contribution in [0.2, 0.25) is 0 Å². The second-order valence-corrected chi connectivity index (χ2v) is 4.03. The average Bonchev–Trinajstić information content (AvgIpc) is 2.56. The Bertz CT molecular complexity index is 615. The summed E-state index contributed by atoms with van der Waals surface area (Å²) in [5, 5.41) is 8.39. The molecule has 0 aliphatic heterocycles. The summed E-state index contributed by atoms with van der Waals surface area (Å²) in [5.74, 6) is -1.87. The molecule has 0 heterocycles. The number of hydrazine groups is 1. The predicted molar refractivity (Wildman–Crippen MR) is 78.5 cm³/mol. The van der Waals surface area contributed by atoms with E-state index in [1.165, 1.54) is 33.5 Å². The van der Waals surface area contributed by atoms with Gasteiger partial charge in [-0.1, -0.05) is 0 Å². The van der Waals surface area contributed by atoms with Crippen molar-refractivity contribution in [3.05, 3.63) is 29.8 Å². The maximum atomic E-state index is 12.0. The molecule has 0 fully saturated rings. The standard InChI is InChI=1S/C14H16N2O7/c1-21-9-6-8(7-10(22-2)13(9)23-3)14(20)16-15-11(17)4-5-12(18)19/h4-7H,1-3H3,(H,15,17)(H,16,20)(H,18,19)/b5-4+. The molecule has 1 rings (SSSR count). The van der Waals surface area contributed by atoms with E-state index in [-0.39, 0.29) is 17.1 Å². The largest absolute Gasteiger partial charge is 0.493 e. The van der Waals surface area contributed by atoms with Crippen LogP contribution in [0, 0.1) is 0 Å². The van der Waals surface area contributed by atoms with Crippen molar-refractivity contribution in [2.75, 3.05) is 21.3 Å². The van der Waals surface area contributed by atoms with Crippen LogP contribution >= 0.6 is 0 Å². The Morgan fingerprint density at radius 2 is 1.52 bits per heavy atom. The summed E-state index contributed by atoms with van der Waals surface area (Å²) >= 11 is 0. The number of carbonyl (C=O) groups excluding carboxylic acids is 2. The van der Waals surface area contributed by atoms with Gasteiger partial charge in [0.25, 0.3) is 11.8 Å². The quantitative estimate of drug-likeness (QED) is 0.501. The lowest BCUT2D eigenvalue weighted by atomic mass is 10.1. The second-order valence-electron chi connectivity index (χ2n) is 4.03. The molecule has 0 spiro atoms. The van der Waals surface area contributed by atoms with E-state index in [9.17, 15) is 14.4 Å². The molecular weight excluding hydrogens is 308 g/mol. The summed E-state index contributed by atoms with van der Waals surface area (Å²) < 4.78 is 15.4. The molecule has 124 valence electrons. The summed E-state index contributed by atoms with van der Waals surface area (Å²) in [5.41, 5.74) is 4.31. The minimum atomic E-state index is -1.28. The van der Waals surface area contributed by atoms with Crippen molar-refractivity contribution >= 4 is 17.8 Å². The maximum absolute atomic E-state index is 12.0. The van der Waals surface area contributed by atoms with Crippen LogP contribution in [0.15, 0.2) is 24.3 Å². The van der Waals surface area contributed by atoms with Crippen molar-refractivity contribution in [2.45, 2.75) is 0 Å². The van der Waals surface area contributed by atoms with Gasteiger partial charge in [0, 0.05) is 17.7 Å². The molecule has 0 saturated heterocycles. The number of ether oxygens (including phenoxy) is 3. The smallest absolute Gasteiger partial charge is 0.328 e. The van der Waals surface area contributed by atoms with Gasteiger partial charge in [0.1, 0.15) is 0 Å². The minimum absolute atomic E-state index is 0.141. The topological polar surface area (TPSA) is 123 Å². The lowest BCUT2D eigenvalue weighted by Gasteiger charge is -2.14. The summed E-state index contributed by atoms with van der Waals surface area (Å²) in [6.07, 6.45) is 1.40. The van der Waals surface area contributed by atoms with E-state index in [0.29, 0.717) is 11.8 Å². The highest BCUT2D eigenvalue weighted by Gasteiger charge is 2.17. The Kier molecular flexibility index (Phi) is 6.41. The number of carboxylic acid groups (broad SMARTS) is 1. The third-order valence-electron chi connectivity index (χ3n) is 2.60. The van der Waals surface area contributed by atoms with E-state index >= 15 is 0 Å². The second kappa shape index (κ2) is 8.27. The number of benzene rings is 1. The first kappa shape index (κ1) is 17.8. The van der Waals surface area contributed by atoms with E-state index in [2.05, 4.69) is 5.43 Å². The first-order valence-electron chi connectivity index (χ1n) is 6.24. The number of rotatable bonds is 6. The Hall–Kier alpha value is -3.23. The molecule has 3 N–H and O–H groups in total. The van der Waals surface area contributed by atoms with E-state index in [0.717, 1.165) is 6.08 Å². The number of methoxy groups -OCH3 is 3. The average molecular weight is 324 g/mol. The number of nitrogens with one attached hydrogen (secondary N) is 2. The molecule has 0 aliphatic carbocycles. The van der Waals surface area contributed by atoms with Crippen LogP contribution in [-0.4, -0.2) is 44.2 Å². The van der Waals surface area contributed by atoms with Gasteiger partial charge in [0.2, 0.25) is 5.75 Å². The lowest BCUT2D eigenvalue weighted by molar-refractivity contribution is -0.131. The van der Waals surface area contributed by atoms with Crippen LogP contribution in [0.25, 0.3) is 0 Å². The molecule has 0 bridgehead atoms. The molecule has 0 radical (unpaired) electrons. The summed E-state index contributed by atoms with van der Waals surface area (Å²) in [6, 6.07) is 2.80. The van der Waals surface area contributed by atoms with Gasteiger partial charge in [-0.3, -0.25) is 20.4 Å². The molecule has 1 aromatic rings. The van der Waals surface area contributed by atoms with Gasteiger partial charge in [-0.05, 0) is 12.1 Å². The van der Waals surface area contributed by atoms with Crippen molar-refractivity contribution < 1.29 is 33.7 Å². The van der Waals surface area contributed by atoms with Crippen LogP contribution in [0.5, 0.6) is 17.2 Å². The highest BCUT2D eigenvalue weighted by atomic mass is 16.5. The molecule has 1 aromatic carbocycles.